The maximum atomic E-state index is 12.1. The number of benzene rings is 2. The molecule has 0 saturated carbocycles. The zero-order chi connectivity index (χ0) is 18.3. The number of aliphatic hydroxyl groups excluding tert-OH is 1. The largest absolute Gasteiger partial charge is 0.497 e. The Labute approximate surface area is 153 Å². The fourth-order valence-corrected chi connectivity index (χ4v) is 3.90. The molecule has 7 heteroatoms. The second kappa shape index (κ2) is 9.20. The molecule has 0 radical (unpaired) electrons. The van der Waals surface area contributed by atoms with Gasteiger partial charge in [-0.1, -0.05) is 35.9 Å². The van der Waals surface area contributed by atoms with Crippen LogP contribution >= 0.6 is 11.6 Å². The van der Waals surface area contributed by atoms with Gasteiger partial charge < -0.3 is 14.6 Å². The summed E-state index contributed by atoms with van der Waals surface area (Å²) in [7, 11) is -1.85. The molecule has 1 atom stereocenters. The lowest BCUT2D eigenvalue weighted by Gasteiger charge is -2.12. The van der Waals surface area contributed by atoms with Crippen molar-refractivity contribution in [2.24, 2.45) is 0 Å². The van der Waals surface area contributed by atoms with Crippen LogP contribution in [0.15, 0.2) is 48.5 Å². The van der Waals surface area contributed by atoms with Crippen molar-refractivity contribution in [1.29, 1.82) is 0 Å². The Hall–Kier alpha value is -1.60. The summed E-state index contributed by atoms with van der Waals surface area (Å²) in [6.07, 6.45) is -1.07. The molecule has 0 aromatic heterocycles. The van der Waals surface area contributed by atoms with Crippen molar-refractivity contribution in [3.05, 3.63) is 64.7 Å². The van der Waals surface area contributed by atoms with E-state index in [4.69, 9.17) is 21.1 Å². The minimum Gasteiger partial charge on any atom is -0.497 e. The quantitative estimate of drug-likeness (QED) is 0.719. The predicted molar refractivity (Wildman–Crippen MR) is 97.6 cm³/mol. The van der Waals surface area contributed by atoms with Crippen LogP contribution in [0.3, 0.4) is 0 Å². The molecule has 0 aliphatic rings. The molecule has 0 aliphatic heterocycles. The standard InChI is InChI=1S/C18H21ClO5S/c1-23-18-8-4-14(5-9-18)10-24-11-17(20)13-25(21,22)12-15-2-6-16(19)7-3-15/h2-9,17,20H,10-13H2,1H3. The van der Waals surface area contributed by atoms with E-state index in [2.05, 4.69) is 0 Å². The maximum Gasteiger partial charge on any atom is 0.157 e. The van der Waals surface area contributed by atoms with E-state index in [1.807, 2.05) is 24.3 Å². The third-order valence-corrected chi connectivity index (χ3v) is 5.40. The molecule has 2 aromatic rings. The number of methoxy groups -OCH3 is 1. The third kappa shape index (κ3) is 7.04. The molecule has 0 fully saturated rings. The highest BCUT2D eigenvalue weighted by molar-refractivity contribution is 7.90. The molecule has 0 spiro atoms. The third-order valence-electron chi connectivity index (χ3n) is 3.48. The molecule has 136 valence electrons. The first kappa shape index (κ1) is 19.7. The van der Waals surface area contributed by atoms with Crippen LogP contribution in [-0.4, -0.2) is 39.1 Å². The predicted octanol–water partition coefficient (Wildman–Crippen LogP) is 2.84. The van der Waals surface area contributed by atoms with Crippen molar-refractivity contribution in [2.75, 3.05) is 19.5 Å². The second-order valence-corrected chi connectivity index (χ2v) is 8.24. The fourth-order valence-electron chi connectivity index (χ4n) is 2.27. The average Bonchev–Trinajstić information content (AvgIpc) is 2.57. The van der Waals surface area contributed by atoms with Crippen LogP contribution in [0.1, 0.15) is 11.1 Å². The Bertz CT molecular complexity index is 757. The molecule has 0 bridgehead atoms. The number of aliphatic hydroxyl groups is 1. The van der Waals surface area contributed by atoms with Gasteiger partial charge >= 0.3 is 0 Å². The van der Waals surface area contributed by atoms with Crippen LogP contribution in [-0.2, 0) is 26.9 Å². The van der Waals surface area contributed by atoms with Gasteiger partial charge in [-0.3, -0.25) is 0 Å². The van der Waals surface area contributed by atoms with Crippen molar-refractivity contribution >= 4 is 21.4 Å². The fraction of sp³-hybridized carbons (Fsp3) is 0.333. The highest BCUT2D eigenvalue weighted by Crippen LogP contribution is 2.14. The van der Waals surface area contributed by atoms with Crippen LogP contribution in [0.4, 0.5) is 0 Å². The Morgan fingerprint density at radius 1 is 1.04 bits per heavy atom. The number of ether oxygens (including phenoxy) is 2. The van der Waals surface area contributed by atoms with Gasteiger partial charge in [-0.15, -0.1) is 0 Å². The summed E-state index contributed by atoms with van der Waals surface area (Å²) in [4.78, 5) is 0. The van der Waals surface area contributed by atoms with Gasteiger partial charge in [-0.25, -0.2) is 8.42 Å². The number of sulfone groups is 1. The van der Waals surface area contributed by atoms with E-state index in [9.17, 15) is 13.5 Å². The highest BCUT2D eigenvalue weighted by atomic mass is 35.5. The van der Waals surface area contributed by atoms with Gasteiger partial charge in [0.2, 0.25) is 0 Å². The highest BCUT2D eigenvalue weighted by Gasteiger charge is 2.18. The molecule has 1 N–H and O–H groups in total. The van der Waals surface area contributed by atoms with Gasteiger partial charge in [-0.2, -0.15) is 0 Å². The normalized spacial score (nSPS) is 12.8. The summed E-state index contributed by atoms with van der Waals surface area (Å²) in [6.45, 7) is 0.240. The molecular weight excluding hydrogens is 364 g/mol. The molecule has 0 heterocycles. The minimum absolute atomic E-state index is 0.0497. The van der Waals surface area contributed by atoms with Gasteiger partial charge in [-0.05, 0) is 35.4 Å². The summed E-state index contributed by atoms with van der Waals surface area (Å²) in [6, 6.07) is 13.9. The zero-order valence-corrected chi connectivity index (χ0v) is 15.5. The van der Waals surface area contributed by atoms with Crippen molar-refractivity contribution in [3.63, 3.8) is 0 Å². The van der Waals surface area contributed by atoms with Gasteiger partial charge in [0.15, 0.2) is 9.84 Å². The molecule has 5 nitrogen and oxygen atoms in total. The van der Waals surface area contributed by atoms with Gasteiger partial charge in [0.1, 0.15) is 5.75 Å². The molecule has 1 unspecified atom stereocenters. The van der Waals surface area contributed by atoms with Crippen LogP contribution < -0.4 is 4.74 Å². The molecule has 0 amide bonds. The number of halogens is 1. The van der Waals surface area contributed by atoms with E-state index in [-0.39, 0.29) is 24.7 Å². The number of rotatable bonds is 9. The minimum atomic E-state index is -3.44. The molecule has 2 rings (SSSR count). The Morgan fingerprint density at radius 3 is 2.24 bits per heavy atom. The van der Waals surface area contributed by atoms with E-state index in [1.54, 1.807) is 31.4 Å². The van der Waals surface area contributed by atoms with Crippen LogP contribution in [0.25, 0.3) is 0 Å². The van der Waals surface area contributed by atoms with Crippen LogP contribution in [0.5, 0.6) is 5.75 Å². The molecule has 0 aliphatic carbocycles. The zero-order valence-electron chi connectivity index (χ0n) is 13.9. The second-order valence-electron chi connectivity index (χ2n) is 5.70. The van der Waals surface area contributed by atoms with E-state index in [0.717, 1.165) is 11.3 Å². The molecule has 2 aromatic carbocycles. The topological polar surface area (TPSA) is 72.8 Å². The molecule has 0 saturated heterocycles. The summed E-state index contributed by atoms with van der Waals surface area (Å²) in [5, 5.41) is 10.5. The Balaban J connectivity index is 1.78. The summed E-state index contributed by atoms with van der Waals surface area (Å²) < 4.78 is 34.7. The van der Waals surface area contributed by atoms with Gasteiger partial charge in [0, 0.05) is 5.02 Å². The number of hydrogen-bond donors (Lipinski definition) is 1. The Kier molecular flexibility index (Phi) is 7.25. The van der Waals surface area contributed by atoms with E-state index in [1.165, 1.54) is 0 Å². The van der Waals surface area contributed by atoms with Crippen LogP contribution in [0.2, 0.25) is 5.02 Å². The van der Waals surface area contributed by atoms with Crippen LogP contribution in [0, 0.1) is 0 Å². The van der Waals surface area contributed by atoms with E-state index < -0.39 is 15.9 Å². The first-order valence-corrected chi connectivity index (χ1v) is 9.91. The van der Waals surface area contributed by atoms with Crippen molar-refractivity contribution in [3.8, 4) is 5.75 Å². The smallest absolute Gasteiger partial charge is 0.157 e. The summed E-state index contributed by atoms with van der Waals surface area (Å²) >= 11 is 5.78. The summed E-state index contributed by atoms with van der Waals surface area (Å²) in [5.74, 6) is 0.259. The van der Waals surface area contributed by atoms with Gasteiger partial charge in [0.25, 0.3) is 0 Å². The Morgan fingerprint density at radius 2 is 1.64 bits per heavy atom. The lowest BCUT2D eigenvalue weighted by molar-refractivity contribution is 0.0390. The van der Waals surface area contributed by atoms with Gasteiger partial charge in [0.05, 0.1) is 37.9 Å². The lowest BCUT2D eigenvalue weighted by atomic mass is 10.2. The maximum absolute atomic E-state index is 12.1. The summed E-state index contributed by atoms with van der Waals surface area (Å²) in [5.41, 5.74) is 1.55. The van der Waals surface area contributed by atoms with E-state index >= 15 is 0 Å². The van der Waals surface area contributed by atoms with Crippen molar-refractivity contribution in [2.45, 2.75) is 18.5 Å². The molecule has 25 heavy (non-hydrogen) atoms. The van der Waals surface area contributed by atoms with Crippen molar-refractivity contribution in [1.82, 2.24) is 0 Å². The first-order chi connectivity index (χ1) is 11.9. The lowest BCUT2D eigenvalue weighted by Crippen LogP contribution is -2.26. The van der Waals surface area contributed by atoms with Crippen molar-refractivity contribution < 1.29 is 23.0 Å². The van der Waals surface area contributed by atoms with E-state index in [0.29, 0.717) is 10.6 Å². The SMILES string of the molecule is COc1ccc(COCC(O)CS(=O)(=O)Cc2ccc(Cl)cc2)cc1. The molecular formula is C18H21ClO5S. The monoisotopic (exact) mass is 384 g/mol. The first-order valence-electron chi connectivity index (χ1n) is 7.71. The number of hydrogen-bond acceptors (Lipinski definition) is 5. The average molecular weight is 385 g/mol.